The summed E-state index contributed by atoms with van der Waals surface area (Å²) in [6, 6.07) is 12.0. The molecule has 1 atom stereocenters. The molecule has 0 radical (unpaired) electrons. The molecule has 4 nitrogen and oxygen atoms in total. The van der Waals surface area contributed by atoms with Gasteiger partial charge in [0.2, 0.25) is 5.91 Å². The third kappa shape index (κ3) is 4.89. The lowest BCUT2D eigenvalue weighted by molar-refractivity contribution is -0.121. The van der Waals surface area contributed by atoms with Gasteiger partial charge < -0.3 is 5.32 Å². The lowest BCUT2D eigenvalue weighted by Crippen LogP contribution is -2.28. The molecule has 0 heterocycles. The highest BCUT2D eigenvalue weighted by molar-refractivity contribution is 7.90. The summed E-state index contributed by atoms with van der Waals surface area (Å²) >= 11 is 0. The predicted octanol–water partition coefficient (Wildman–Crippen LogP) is 2.65. The van der Waals surface area contributed by atoms with Crippen molar-refractivity contribution >= 4 is 15.7 Å². The Hall–Kier alpha value is -2.21. The second-order valence-corrected chi connectivity index (χ2v) is 7.45. The molecule has 0 fully saturated rings. The third-order valence-electron chi connectivity index (χ3n) is 3.44. The van der Waals surface area contributed by atoms with Crippen LogP contribution in [0.4, 0.5) is 4.39 Å². The van der Waals surface area contributed by atoms with E-state index in [4.69, 9.17) is 0 Å². The van der Waals surface area contributed by atoms with Crippen LogP contribution in [-0.4, -0.2) is 20.6 Å². The van der Waals surface area contributed by atoms with Crippen LogP contribution in [0.15, 0.2) is 53.4 Å². The third-order valence-corrected chi connectivity index (χ3v) is 4.57. The molecule has 1 N–H and O–H groups in total. The highest BCUT2D eigenvalue weighted by Crippen LogP contribution is 2.16. The van der Waals surface area contributed by atoms with Crippen LogP contribution < -0.4 is 5.32 Å². The molecule has 0 aromatic heterocycles. The zero-order chi connectivity index (χ0) is 17.0. The van der Waals surface area contributed by atoms with Crippen LogP contribution in [-0.2, 0) is 21.1 Å². The molecule has 2 rings (SSSR count). The molecule has 0 saturated heterocycles. The van der Waals surface area contributed by atoms with Crippen molar-refractivity contribution in [1.82, 2.24) is 5.32 Å². The Bertz CT molecular complexity index is 801. The lowest BCUT2D eigenvalue weighted by atomic mass is 10.1. The number of nitrogens with one attached hydrogen (secondary N) is 1. The molecular formula is C17H18FNO3S. The first-order valence-corrected chi connectivity index (χ1v) is 8.98. The number of carbonyl (C=O) groups excluding carboxylic acids is 1. The van der Waals surface area contributed by atoms with Gasteiger partial charge in [0.15, 0.2) is 9.84 Å². The van der Waals surface area contributed by atoms with E-state index in [2.05, 4.69) is 5.32 Å². The Morgan fingerprint density at radius 1 is 1.17 bits per heavy atom. The maximum atomic E-state index is 13.1. The predicted molar refractivity (Wildman–Crippen MR) is 86.2 cm³/mol. The van der Waals surface area contributed by atoms with E-state index in [1.165, 1.54) is 24.3 Å². The van der Waals surface area contributed by atoms with Crippen LogP contribution >= 0.6 is 0 Å². The Labute approximate surface area is 135 Å². The van der Waals surface area contributed by atoms with Gasteiger partial charge in [0.25, 0.3) is 0 Å². The van der Waals surface area contributed by atoms with Crippen molar-refractivity contribution in [2.75, 3.05) is 6.26 Å². The van der Waals surface area contributed by atoms with Gasteiger partial charge in [0, 0.05) is 6.26 Å². The number of halogens is 1. The summed E-state index contributed by atoms with van der Waals surface area (Å²) in [5, 5.41) is 2.81. The standard InChI is InChI=1S/C17H18FNO3S/c1-12(14-6-8-16(9-7-14)23(2,21)22)19-17(20)11-13-4-3-5-15(18)10-13/h3-10,12H,11H2,1-2H3,(H,19,20). The molecule has 122 valence electrons. The maximum absolute atomic E-state index is 13.1. The Morgan fingerprint density at radius 2 is 1.83 bits per heavy atom. The molecule has 1 amide bonds. The van der Waals surface area contributed by atoms with Crippen LogP contribution in [0.3, 0.4) is 0 Å². The number of hydrogen-bond donors (Lipinski definition) is 1. The van der Waals surface area contributed by atoms with E-state index in [0.29, 0.717) is 5.56 Å². The normalized spacial score (nSPS) is 12.7. The quantitative estimate of drug-likeness (QED) is 0.914. The summed E-state index contributed by atoms with van der Waals surface area (Å²) in [5.74, 6) is -0.602. The summed E-state index contributed by atoms with van der Waals surface area (Å²) in [7, 11) is -3.24. The van der Waals surface area contributed by atoms with Crippen LogP contribution in [0.5, 0.6) is 0 Å². The monoisotopic (exact) mass is 335 g/mol. The molecular weight excluding hydrogens is 317 g/mol. The Kier molecular flexibility index (Phi) is 5.15. The van der Waals surface area contributed by atoms with Crippen molar-refractivity contribution in [1.29, 1.82) is 0 Å². The lowest BCUT2D eigenvalue weighted by Gasteiger charge is -2.15. The molecule has 0 spiro atoms. The summed E-state index contributed by atoms with van der Waals surface area (Å²) in [6.45, 7) is 1.80. The zero-order valence-electron chi connectivity index (χ0n) is 12.9. The van der Waals surface area contributed by atoms with Gasteiger partial charge in [-0.05, 0) is 42.3 Å². The second-order valence-electron chi connectivity index (χ2n) is 5.44. The molecule has 0 aliphatic rings. The number of hydrogen-bond acceptors (Lipinski definition) is 3. The second kappa shape index (κ2) is 6.91. The van der Waals surface area contributed by atoms with Crippen molar-refractivity contribution in [2.45, 2.75) is 24.3 Å². The molecule has 6 heteroatoms. The van der Waals surface area contributed by atoms with Gasteiger partial charge in [-0.15, -0.1) is 0 Å². The summed E-state index contributed by atoms with van der Waals surface area (Å²) in [6.07, 6.45) is 1.23. The molecule has 0 saturated carbocycles. The fourth-order valence-electron chi connectivity index (χ4n) is 2.21. The van der Waals surface area contributed by atoms with Crippen LogP contribution in [0, 0.1) is 5.82 Å². The average molecular weight is 335 g/mol. The van der Waals surface area contributed by atoms with Gasteiger partial charge in [0.1, 0.15) is 5.82 Å². The molecule has 23 heavy (non-hydrogen) atoms. The van der Waals surface area contributed by atoms with Gasteiger partial charge in [-0.25, -0.2) is 12.8 Å². The van der Waals surface area contributed by atoms with Crippen LogP contribution in [0.1, 0.15) is 24.1 Å². The van der Waals surface area contributed by atoms with Crippen molar-refractivity contribution in [2.24, 2.45) is 0 Å². The SMILES string of the molecule is CC(NC(=O)Cc1cccc(F)c1)c1ccc(S(C)(=O)=O)cc1. The number of amides is 1. The van der Waals surface area contributed by atoms with Crippen molar-refractivity contribution in [3.8, 4) is 0 Å². The minimum absolute atomic E-state index is 0.0868. The molecule has 1 unspecified atom stereocenters. The van der Waals surface area contributed by atoms with Crippen LogP contribution in [0.25, 0.3) is 0 Å². The first kappa shape index (κ1) is 17.1. The smallest absolute Gasteiger partial charge is 0.224 e. The highest BCUT2D eigenvalue weighted by atomic mass is 32.2. The van der Waals surface area contributed by atoms with E-state index in [-0.39, 0.29) is 29.1 Å². The number of rotatable bonds is 5. The first-order chi connectivity index (χ1) is 10.8. The van der Waals surface area contributed by atoms with Crippen LogP contribution in [0.2, 0.25) is 0 Å². The van der Waals surface area contributed by atoms with E-state index in [1.54, 1.807) is 31.2 Å². The minimum atomic E-state index is -3.24. The fourth-order valence-corrected chi connectivity index (χ4v) is 2.84. The molecule has 0 aliphatic carbocycles. The first-order valence-electron chi connectivity index (χ1n) is 7.09. The van der Waals surface area contributed by atoms with E-state index in [9.17, 15) is 17.6 Å². The van der Waals surface area contributed by atoms with Gasteiger partial charge in [-0.2, -0.15) is 0 Å². The summed E-state index contributed by atoms with van der Waals surface area (Å²) < 4.78 is 35.9. The summed E-state index contributed by atoms with van der Waals surface area (Å²) in [5.41, 5.74) is 1.40. The molecule has 2 aromatic carbocycles. The molecule has 0 bridgehead atoms. The van der Waals surface area contributed by atoms with Crippen molar-refractivity contribution in [3.05, 3.63) is 65.5 Å². The average Bonchev–Trinajstić information content (AvgIpc) is 2.46. The van der Waals surface area contributed by atoms with Gasteiger partial charge >= 0.3 is 0 Å². The van der Waals surface area contributed by atoms with Crippen molar-refractivity contribution in [3.63, 3.8) is 0 Å². The number of sulfone groups is 1. The van der Waals surface area contributed by atoms with Gasteiger partial charge in [-0.1, -0.05) is 24.3 Å². The zero-order valence-corrected chi connectivity index (χ0v) is 13.7. The Morgan fingerprint density at radius 3 is 2.39 bits per heavy atom. The maximum Gasteiger partial charge on any atom is 0.224 e. The fraction of sp³-hybridized carbons (Fsp3) is 0.235. The van der Waals surface area contributed by atoms with E-state index in [0.717, 1.165) is 11.8 Å². The number of carbonyl (C=O) groups is 1. The van der Waals surface area contributed by atoms with E-state index < -0.39 is 9.84 Å². The minimum Gasteiger partial charge on any atom is -0.349 e. The van der Waals surface area contributed by atoms with Gasteiger partial charge in [-0.3, -0.25) is 4.79 Å². The van der Waals surface area contributed by atoms with Crippen molar-refractivity contribution < 1.29 is 17.6 Å². The highest BCUT2D eigenvalue weighted by Gasteiger charge is 2.12. The largest absolute Gasteiger partial charge is 0.349 e. The van der Waals surface area contributed by atoms with E-state index >= 15 is 0 Å². The Balaban J connectivity index is 2.01. The summed E-state index contributed by atoms with van der Waals surface area (Å²) in [4.78, 5) is 12.2. The number of benzene rings is 2. The topological polar surface area (TPSA) is 63.2 Å². The van der Waals surface area contributed by atoms with E-state index in [1.807, 2.05) is 0 Å². The molecule has 0 aliphatic heterocycles. The van der Waals surface area contributed by atoms with Gasteiger partial charge in [0.05, 0.1) is 17.4 Å². The molecule has 2 aromatic rings.